The number of pyridine rings is 1. The van der Waals surface area contributed by atoms with Crippen LogP contribution >= 0.6 is 11.8 Å². The van der Waals surface area contributed by atoms with Gasteiger partial charge >= 0.3 is 0 Å². The molecule has 3 nitrogen and oxygen atoms in total. The van der Waals surface area contributed by atoms with E-state index in [9.17, 15) is 4.39 Å². The lowest BCUT2D eigenvalue weighted by Gasteiger charge is -2.32. The lowest BCUT2D eigenvalue weighted by molar-refractivity contribution is 0.262. The first-order valence-electron chi connectivity index (χ1n) is 7.91. The molecule has 118 valence electrons. The number of nitrogens with zero attached hydrogens (tertiary/aromatic N) is 2. The van der Waals surface area contributed by atoms with Crippen molar-refractivity contribution in [2.24, 2.45) is 0 Å². The van der Waals surface area contributed by atoms with Gasteiger partial charge in [0.15, 0.2) is 0 Å². The van der Waals surface area contributed by atoms with Crippen molar-refractivity contribution in [2.75, 3.05) is 31.9 Å². The zero-order chi connectivity index (χ0) is 15.1. The fraction of sp³-hybridized carbons (Fsp3) is 0.688. The molecule has 1 fully saturated rings. The zero-order valence-electron chi connectivity index (χ0n) is 13.0. The van der Waals surface area contributed by atoms with Crippen LogP contribution in [-0.4, -0.2) is 47.1 Å². The van der Waals surface area contributed by atoms with Gasteiger partial charge in [-0.25, -0.2) is 4.39 Å². The number of hydrogen-bond acceptors (Lipinski definition) is 4. The minimum absolute atomic E-state index is 0.213. The first-order valence-corrected chi connectivity index (χ1v) is 8.96. The molecule has 0 aromatic carbocycles. The van der Waals surface area contributed by atoms with Crippen molar-refractivity contribution in [3.05, 3.63) is 29.8 Å². The maximum Gasteiger partial charge on any atom is 0.141 e. The summed E-state index contributed by atoms with van der Waals surface area (Å²) in [5, 5.41) is 4.24. The van der Waals surface area contributed by atoms with Crippen LogP contribution in [-0.2, 0) is 0 Å². The molecular formula is C16H26FN3S. The molecule has 0 radical (unpaired) electrons. The van der Waals surface area contributed by atoms with E-state index >= 15 is 0 Å². The summed E-state index contributed by atoms with van der Waals surface area (Å²) >= 11 is 2.10. The fourth-order valence-electron chi connectivity index (χ4n) is 2.74. The number of rotatable bonds is 7. The Morgan fingerprint density at radius 2 is 2.33 bits per heavy atom. The van der Waals surface area contributed by atoms with Gasteiger partial charge in [0, 0.05) is 30.6 Å². The van der Waals surface area contributed by atoms with Gasteiger partial charge in [-0.15, -0.1) is 0 Å². The Morgan fingerprint density at radius 3 is 3.00 bits per heavy atom. The summed E-state index contributed by atoms with van der Waals surface area (Å²) in [5.41, 5.74) is 0.941. The molecule has 2 rings (SSSR count). The third-order valence-corrected chi connectivity index (χ3v) is 5.34. The molecule has 1 aliphatic rings. The van der Waals surface area contributed by atoms with E-state index in [1.165, 1.54) is 37.5 Å². The van der Waals surface area contributed by atoms with Crippen molar-refractivity contribution < 1.29 is 4.39 Å². The van der Waals surface area contributed by atoms with E-state index in [2.05, 4.69) is 40.8 Å². The Balaban J connectivity index is 1.89. The van der Waals surface area contributed by atoms with Gasteiger partial charge in [-0.3, -0.25) is 4.98 Å². The van der Waals surface area contributed by atoms with Crippen LogP contribution in [0, 0.1) is 5.82 Å². The molecule has 1 N–H and O–H groups in total. The average Bonchev–Trinajstić information content (AvgIpc) is 2.52. The largest absolute Gasteiger partial charge is 0.309 e. The van der Waals surface area contributed by atoms with Crippen LogP contribution in [0.25, 0.3) is 0 Å². The smallest absolute Gasteiger partial charge is 0.141 e. The van der Waals surface area contributed by atoms with E-state index in [1.54, 1.807) is 6.07 Å². The van der Waals surface area contributed by atoms with Crippen LogP contribution in [0.4, 0.5) is 4.39 Å². The highest BCUT2D eigenvalue weighted by Gasteiger charge is 2.20. The van der Waals surface area contributed by atoms with E-state index in [0.29, 0.717) is 0 Å². The lowest BCUT2D eigenvalue weighted by atomic mass is 10.1. The Hall–Kier alpha value is -0.650. The van der Waals surface area contributed by atoms with Crippen LogP contribution in [0.1, 0.15) is 38.4 Å². The Bertz CT molecular complexity index is 412. The van der Waals surface area contributed by atoms with Gasteiger partial charge in [-0.2, -0.15) is 11.8 Å². The molecule has 0 aliphatic carbocycles. The number of halogens is 1. The highest BCUT2D eigenvalue weighted by Crippen LogP contribution is 2.22. The minimum atomic E-state index is -0.271. The van der Waals surface area contributed by atoms with Gasteiger partial charge < -0.3 is 10.2 Å². The van der Waals surface area contributed by atoms with Crippen LogP contribution in [0.5, 0.6) is 0 Å². The topological polar surface area (TPSA) is 28.2 Å². The quantitative estimate of drug-likeness (QED) is 0.837. The minimum Gasteiger partial charge on any atom is -0.309 e. The number of aromatic nitrogens is 1. The lowest BCUT2D eigenvalue weighted by Crippen LogP contribution is -2.39. The average molecular weight is 311 g/mol. The third-order valence-electron chi connectivity index (χ3n) is 3.97. The van der Waals surface area contributed by atoms with E-state index in [1.807, 2.05) is 0 Å². The first-order chi connectivity index (χ1) is 10.2. The summed E-state index contributed by atoms with van der Waals surface area (Å²) in [4.78, 5) is 6.79. The van der Waals surface area contributed by atoms with Gasteiger partial charge in [0.05, 0.1) is 17.9 Å². The predicted molar refractivity (Wildman–Crippen MR) is 88.2 cm³/mol. The highest BCUT2D eigenvalue weighted by atomic mass is 32.2. The van der Waals surface area contributed by atoms with Crippen molar-refractivity contribution in [2.45, 2.75) is 38.0 Å². The van der Waals surface area contributed by atoms with Crippen molar-refractivity contribution in [1.82, 2.24) is 15.2 Å². The summed E-state index contributed by atoms with van der Waals surface area (Å²) in [6.07, 6.45) is 3.58. The van der Waals surface area contributed by atoms with Crippen LogP contribution in [0.2, 0.25) is 0 Å². The summed E-state index contributed by atoms with van der Waals surface area (Å²) in [6, 6.07) is 3.51. The van der Waals surface area contributed by atoms with Gasteiger partial charge in [-0.1, -0.05) is 13.8 Å². The van der Waals surface area contributed by atoms with Gasteiger partial charge in [0.1, 0.15) is 5.82 Å². The zero-order valence-corrected chi connectivity index (χ0v) is 13.8. The van der Waals surface area contributed by atoms with Crippen LogP contribution < -0.4 is 5.32 Å². The van der Waals surface area contributed by atoms with Crippen molar-refractivity contribution in [1.29, 1.82) is 0 Å². The molecule has 2 heterocycles. The standard InChI is InChI=1S/C16H26FN3S/c1-3-14-12-20(9-10-21-14)8-7-16(18-4-2)15-6-5-13(17)11-19-15/h5-6,11,14,16,18H,3-4,7-10,12H2,1-2H3. The second-order valence-electron chi connectivity index (χ2n) is 5.50. The number of nitrogens with one attached hydrogen (secondary N) is 1. The molecule has 0 bridgehead atoms. The predicted octanol–water partition coefficient (Wildman–Crippen LogP) is 3.09. The molecule has 1 saturated heterocycles. The van der Waals surface area contributed by atoms with Gasteiger partial charge in [0.25, 0.3) is 0 Å². The summed E-state index contributed by atoms with van der Waals surface area (Å²) in [6.45, 7) is 8.71. The first kappa shape index (κ1) is 16.7. The normalized spacial score (nSPS) is 21.4. The second kappa shape index (κ2) is 8.71. The van der Waals surface area contributed by atoms with Crippen molar-refractivity contribution >= 4 is 11.8 Å². The fourth-order valence-corrected chi connectivity index (χ4v) is 3.99. The molecule has 21 heavy (non-hydrogen) atoms. The molecule has 2 unspecified atom stereocenters. The maximum absolute atomic E-state index is 13.0. The van der Waals surface area contributed by atoms with Crippen molar-refractivity contribution in [3.8, 4) is 0 Å². The maximum atomic E-state index is 13.0. The molecular weight excluding hydrogens is 285 g/mol. The molecule has 1 aromatic heterocycles. The monoisotopic (exact) mass is 311 g/mol. The van der Waals surface area contributed by atoms with Crippen LogP contribution in [0.15, 0.2) is 18.3 Å². The Kier molecular flexibility index (Phi) is 6.93. The summed E-state index contributed by atoms with van der Waals surface area (Å²) < 4.78 is 13.0. The number of hydrogen-bond donors (Lipinski definition) is 1. The van der Waals surface area contributed by atoms with E-state index in [4.69, 9.17) is 0 Å². The number of thioether (sulfide) groups is 1. The Labute approximate surface area is 131 Å². The summed E-state index contributed by atoms with van der Waals surface area (Å²) in [5.74, 6) is 0.965. The Morgan fingerprint density at radius 1 is 1.48 bits per heavy atom. The molecule has 1 aliphatic heterocycles. The molecule has 0 spiro atoms. The van der Waals surface area contributed by atoms with Crippen LogP contribution in [0.3, 0.4) is 0 Å². The highest BCUT2D eigenvalue weighted by molar-refractivity contribution is 8.00. The molecule has 0 amide bonds. The molecule has 5 heteroatoms. The van der Waals surface area contributed by atoms with E-state index < -0.39 is 0 Å². The molecule has 1 aromatic rings. The van der Waals surface area contributed by atoms with E-state index in [0.717, 1.165) is 30.5 Å². The summed E-state index contributed by atoms with van der Waals surface area (Å²) in [7, 11) is 0. The van der Waals surface area contributed by atoms with Gasteiger partial charge in [-0.05, 0) is 31.5 Å². The van der Waals surface area contributed by atoms with E-state index in [-0.39, 0.29) is 11.9 Å². The second-order valence-corrected chi connectivity index (χ2v) is 6.91. The molecule has 2 atom stereocenters. The third kappa shape index (κ3) is 5.24. The molecule has 0 saturated carbocycles. The SMILES string of the molecule is CCNC(CCN1CCSC(CC)C1)c1ccc(F)cn1. The van der Waals surface area contributed by atoms with Crippen molar-refractivity contribution in [3.63, 3.8) is 0 Å². The van der Waals surface area contributed by atoms with Gasteiger partial charge in [0.2, 0.25) is 0 Å².